The molecule has 0 saturated carbocycles. The van der Waals surface area contributed by atoms with E-state index in [0.29, 0.717) is 19.0 Å². The Balaban J connectivity index is 2.47. The summed E-state index contributed by atoms with van der Waals surface area (Å²) in [6.07, 6.45) is 1.37. The number of hydrogen-bond acceptors (Lipinski definition) is 1. The van der Waals surface area contributed by atoms with E-state index < -0.39 is 17.5 Å². The number of rotatable bonds is 1. The van der Waals surface area contributed by atoms with Crippen molar-refractivity contribution in [3.05, 3.63) is 29.1 Å². The van der Waals surface area contributed by atoms with Crippen LogP contribution in [0.3, 0.4) is 0 Å². The number of fused-ring (bicyclic) bond motifs is 1. The molecule has 1 atom stereocenters. The molecular weight excluding hydrogens is 203 g/mol. The highest BCUT2D eigenvalue weighted by atomic mass is 19.2. The minimum Gasteiger partial charge on any atom is -0.382 e. The maximum Gasteiger partial charge on any atom is 0.182 e. The van der Waals surface area contributed by atoms with Gasteiger partial charge in [0.1, 0.15) is 5.82 Å². The summed E-state index contributed by atoms with van der Waals surface area (Å²) >= 11 is 0. The Morgan fingerprint density at radius 2 is 2.07 bits per heavy atom. The van der Waals surface area contributed by atoms with Crippen LogP contribution < -0.4 is 5.32 Å². The molecule has 1 heterocycles. The van der Waals surface area contributed by atoms with Gasteiger partial charge >= 0.3 is 0 Å². The van der Waals surface area contributed by atoms with Crippen molar-refractivity contribution in [1.82, 2.24) is 0 Å². The number of nitrogens with one attached hydrogen (secondary N) is 1. The molecule has 82 valence electrons. The van der Waals surface area contributed by atoms with Crippen molar-refractivity contribution in [2.24, 2.45) is 5.92 Å². The molecule has 0 spiro atoms. The van der Waals surface area contributed by atoms with Crippen molar-refractivity contribution >= 4 is 5.69 Å². The smallest absolute Gasteiger partial charge is 0.182 e. The third-order valence-electron chi connectivity index (χ3n) is 2.91. The van der Waals surface area contributed by atoms with E-state index in [-0.39, 0.29) is 17.2 Å². The molecule has 0 fully saturated rings. The monoisotopic (exact) mass is 215 g/mol. The molecule has 0 aliphatic carbocycles. The lowest BCUT2D eigenvalue weighted by Gasteiger charge is -2.26. The van der Waals surface area contributed by atoms with Crippen molar-refractivity contribution in [2.45, 2.75) is 19.8 Å². The maximum atomic E-state index is 13.4. The number of benzene rings is 1. The van der Waals surface area contributed by atoms with Crippen LogP contribution in [0.15, 0.2) is 6.07 Å². The highest BCUT2D eigenvalue weighted by Gasteiger charge is 2.25. The molecule has 0 amide bonds. The average molecular weight is 215 g/mol. The quantitative estimate of drug-likeness (QED) is 0.710. The molecule has 2 rings (SSSR count). The first-order valence-electron chi connectivity index (χ1n) is 5.03. The summed E-state index contributed by atoms with van der Waals surface area (Å²) < 4.78 is 39.6. The zero-order valence-electron chi connectivity index (χ0n) is 8.41. The topological polar surface area (TPSA) is 12.0 Å². The second-order valence-corrected chi connectivity index (χ2v) is 3.87. The molecule has 0 radical (unpaired) electrons. The van der Waals surface area contributed by atoms with Crippen molar-refractivity contribution in [2.75, 3.05) is 11.9 Å². The van der Waals surface area contributed by atoms with Gasteiger partial charge in [0.15, 0.2) is 11.6 Å². The summed E-state index contributed by atoms with van der Waals surface area (Å²) in [7, 11) is 0. The largest absolute Gasteiger partial charge is 0.382 e. The lowest BCUT2D eigenvalue weighted by atomic mass is 9.91. The van der Waals surface area contributed by atoms with E-state index in [1.807, 2.05) is 6.92 Å². The lowest BCUT2D eigenvalue weighted by Crippen LogP contribution is -2.24. The Kier molecular flexibility index (Phi) is 2.59. The molecular formula is C11H12F3N. The van der Waals surface area contributed by atoms with Crippen LogP contribution in [0.4, 0.5) is 18.9 Å². The Bertz CT molecular complexity index is 390. The molecule has 1 unspecified atom stereocenters. The molecule has 1 aromatic carbocycles. The summed E-state index contributed by atoms with van der Waals surface area (Å²) in [5.74, 6) is -2.47. The Morgan fingerprint density at radius 1 is 1.33 bits per heavy atom. The molecule has 1 N–H and O–H groups in total. The van der Waals surface area contributed by atoms with Gasteiger partial charge in [-0.05, 0) is 12.3 Å². The van der Waals surface area contributed by atoms with Gasteiger partial charge in [0, 0.05) is 18.2 Å². The van der Waals surface area contributed by atoms with E-state index >= 15 is 0 Å². The molecule has 1 aliphatic heterocycles. The van der Waals surface area contributed by atoms with Gasteiger partial charge in [-0.3, -0.25) is 0 Å². The summed E-state index contributed by atoms with van der Waals surface area (Å²) in [5.41, 5.74) is 0.268. The second kappa shape index (κ2) is 3.76. The number of hydrogen-bond donors (Lipinski definition) is 1. The zero-order chi connectivity index (χ0) is 11.0. The predicted molar refractivity (Wildman–Crippen MR) is 52.3 cm³/mol. The minimum absolute atomic E-state index is 0.00259. The third kappa shape index (κ3) is 1.68. The van der Waals surface area contributed by atoms with E-state index in [9.17, 15) is 13.2 Å². The average Bonchev–Trinajstić information content (AvgIpc) is 2.25. The van der Waals surface area contributed by atoms with Gasteiger partial charge in [-0.25, -0.2) is 13.2 Å². The maximum absolute atomic E-state index is 13.4. The first-order chi connectivity index (χ1) is 7.13. The first-order valence-corrected chi connectivity index (χ1v) is 5.03. The van der Waals surface area contributed by atoms with Gasteiger partial charge in [-0.1, -0.05) is 13.3 Å². The van der Waals surface area contributed by atoms with Gasteiger partial charge in [-0.15, -0.1) is 0 Å². The van der Waals surface area contributed by atoms with Crippen LogP contribution in [0.5, 0.6) is 0 Å². The first kappa shape index (κ1) is 10.3. The van der Waals surface area contributed by atoms with Crippen LogP contribution >= 0.6 is 0 Å². The van der Waals surface area contributed by atoms with Crippen molar-refractivity contribution in [3.63, 3.8) is 0 Å². The predicted octanol–water partition coefficient (Wildman–Crippen LogP) is 3.10. The second-order valence-electron chi connectivity index (χ2n) is 3.87. The molecule has 1 aliphatic rings. The van der Waals surface area contributed by atoms with Crippen molar-refractivity contribution in [3.8, 4) is 0 Å². The molecule has 0 saturated heterocycles. The van der Waals surface area contributed by atoms with Crippen LogP contribution in [-0.2, 0) is 6.42 Å². The minimum atomic E-state index is -1.13. The Hall–Kier alpha value is -1.19. The fraction of sp³-hybridized carbons (Fsp3) is 0.455. The SMILES string of the molecule is CCC1CNc2c(F)c(F)cc(F)c2C1. The van der Waals surface area contributed by atoms with Gasteiger partial charge in [-0.2, -0.15) is 0 Å². The highest BCUT2D eigenvalue weighted by Crippen LogP contribution is 2.32. The van der Waals surface area contributed by atoms with Gasteiger partial charge in [0.25, 0.3) is 0 Å². The summed E-state index contributed by atoms with van der Waals surface area (Å²) in [4.78, 5) is 0. The molecule has 1 aromatic rings. The normalized spacial score (nSPS) is 19.6. The van der Waals surface area contributed by atoms with Crippen LogP contribution in [0.25, 0.3) is 0 Å². The fourth-order valence-electron chi connectivity index (χ4n) is 1.91. The summed E-state index contributed by atoms with van der Waals surface area (Å²) in [6.45, 7) is 2.57. The van der Waals surface area contributed by atoms with Gasteiger partial charge < -0.3 is 5.32 Å². The highest BCUT2D eigenvalue weighted by molar-refractivity contribution is 5.55. The van der Waals surface area contributed by atoms with Gasteiger partial charge in [0.2, 0.25) is 0 Å². The standard InChI is InChI=1S/C11H12F3N/c1-2-6-3-7-8(12)4-9(13)10(14)11(7)15-5-6/h4,6,15H,2-3,5H2,1H3. The Morgan fingerprint density at radius 3 is 2.73 bits per heavy atom. The Labute approximate surface area is 86.3 Å². The molecule has 0 aromatic heterocycles. The summed E-state index contributed by atoms with van der Waals surface area (Å²) in [6, 6.07) is 0.619. The molecule has 15 heavy (non-hydrogen) atoms. The third-order valence-corrected chi connectivity index (χ3v) is 2.91. The van der Waals surface area contributed by atoms with E-state index in [0.717, 1.165) is 6.42 Å². The van der Waals surface area contributed by atoms with E-state index in [1.165, 1.54) is 0 Å². The van der Waals surface area contributed by atoms with E-state index in [1.54, 1.807) is 0 Å². The van der Waals surface area contributed by atoms with Crippen molar-refractivity contribution < 1.29 is 13.2 Å². The van der Waals surface area contributed by atoms with Gasteiger partial charge in [0.05, 0.1) is 5.69 Å². The summed E-state index contributed by atoms with van der Waals surface area (Å²) in [5, 5.41) is 2.76. The molecule has 0 bridgehead atoms. The lowest BCUT2D eigenvalue weighted by molar-refractivity contribution is 0.461. The van der Waals surface area contributed by atoms with Crippen LogP contribution in [0.1, 0.15) is 18.9 Å². The van der Waals surface area contributed by atoms with Crippen molar-refractivity contribution in [1.29, 1.82) is 0 Å². The fourth-order valence-corrected chi connectivity index (χ4v) is 1.91. The van der Waals surface area contributed by atoms with Crippen LogP contribution in [-0.4, -0.2) is 6.54 Å². The van der Waals surface area contributed by atoms with Crippen LogP contribution in [0, 0.1) is 23.4 Å². The number of halogens is 3. The van der Waals surface area contributed by atoms with E-state index in [4.69, 9.17) is 0 Å². The molecule has 4 heteroatoms. The van der Waals surface area contributed by atoms with Crippen LogP contribution in [0.2, 0.25) is 0 Å². The zero-order valence-corrected chi connectivity index (χ0v) is 8.41. The van der Waals surface area contributed by atoms with E-state index in [2.05, 4.69) is 5.32 Å². The molecule has 1 nitrogen and oxygen atoms in total. The number of anilines is 1.